The summed E-state index contributed by atoms with van der Waals surface area (Å²) in [5, 5.41) is 5.95. The van der Waals surface area contributed by atoms with Gasteiger partial charge in [-0.15, -0.1) is 0 Å². The van der Waals surface area contributed by atoms with E-state index in [4.69, 9.17) is 0 Å². The molecule has 1 unspecified atom stereocenters. The summed E-state index contributed by atoms with van der Waals surface area (Å²) in [6.45, 7) is 5.06. The highest BCUT2D eigenvalue weighted by Gasteiger charge is 2.09. The number of hydrogen-bond acceptors (Lipinski definition) is 2. The van der Waals surface area contributed by atoms with Gasteiger partial charge in [0.05, 0.1) is 0 Å². The van der Waals surface area contributed by atoms with E-state index in [1.165, 1.54) is 0 Å². The Balaban J connectivity index is 2.68. The van der Waals surface area contributed by atoms with Crippen molar-refractivity contribution in [1.29, 1.82) is 0 Å². The number of amides is 1. The molecule has 0 bridgehead atoms. The minimum atomic E-state index is 0.0539. The molecule has 4 heteroatoms. The van der Waals surface area contributed by atoms with Crippen LogP contribution < -0.4 is 10.6 Å². The zero-order chi connectivity index (χ0) is 11.3. The van der Waals surface area contributed by atoms with E-state index in [2.05, 4.69) is 17.6 Å². The molecule has 1 aromatic rings. The third-order valence-electron chi connectivity index (χ3n) is 2.43. The number of aromatic nitrogens is 1. The second kappa shape index (κ2) is 5.56. The lowest BCUT2D eigenvalue weighted by molar-refractivity contribution is -0.121. The van der Waals surface area contributed by atoms with Crippen molar-refractivity contribution in [2.75, 3.05) is 13.6 Å². The van der Waals surface area contributed by atoms with Crippen LogP contribution in [0.15, 0.2) is 18.3 Å². The molecule has 15 heavy (non-hydrogen) atoms. The molecular weight excluding hydrogens is 190 g/mol. The van der Waals surface area contributed by atoms with Gasteiger partial charge < -0.3 is 15.2 Å². The average molecular weight is 209 g/mol. The number of nitrogens with one attached hydrogen (secondary N) is 2. The van der Waals surface area contributed by atoms with Gasteiger partial charge in [-0.05, 0) is 33.0 Å². The van der Waals surface area contributed by atoms with Crippen molar-refractivity contribution in [3.63, 3.8) is 0 Å². The minimum absolute atomic E-state index is 0.0539. The SMILES string of the molecule is CCNC(=O)Cn1cccc1C(C)NC. The maximum atomic E-state index is 11.4. The summed E-state index contributed by atoms with van der Waals surface area (Å²) in [7, 11) is 1.91. The van der Waals surface area contributed by atoms with Crippen LogP contribution in [-0.2, 0) is 11.3 Å². The fourth-order valence-electron chi connectivity index (χ4n) is 1.52. The van der Waals surface area contributed by atoms with E-state index in [-0.39, 0.29) is 11.9 Å². The zero-order valence-corrected chi connectivity index (χ0v) is 9.58. The van der Waals surface area contributed by atoms with Crippen molar-refractivity contribution in [3.05, 3.63) is 24.0 Å². The Hall–Kier alpha value is -1.29. The highest BCUT2D eigenvalue weighted by molar-refractivity contribution is 5.75. The number of likely N-dealkylation sites (N-methyl/N-ethyl adjacent to an activating group) is 1. The van der Waals surface area contributed by atoms with Gasteiger partial charge in [0.25, 0.3) is 0 Å². The summed E-state index contributed by atoms with van der Waals surface area (Å²) >= 11 is 0. The molecule has 0 aromatic carbocycles. The van der Waals surface area contributed by atoms with Gasteiger partial charge in [0.1, 0.15) is 6.54 Å². The molecule has 4 nitrogen and oxygen atoms in total. The lowest BCUT2D eigenvalue weighted by Crippen LogP contribution is -2.28. The van der Waals surface area contributed by atoms with Crippen LogP contribution in [0.4, 0.5) is 0 Å². The van der Waals surface area contributed by atoms with Crippen LogP contribution in [0.25, 0.3) is 0 Å². The standard InChI is InChI=1S/C11H19N3O/c1-4-13-11(15)8-14-7-5-6-10(14)9(2)12-3/h5-7,9,12H,4,8H2,1-3H3,(H,13,15). The van der Waals surface area contributed by atoms with Crippen LogP contribution in [0.5, 0.6) is 0 Å². The summed E-state index contributed by atoms with van der Waals surface area (Å²) in [5.74, 6) is 0.0539. The maximum absolute atomic E-state index is 11.4. The maximum Gasteiger partial charge on any atom is 0.239 e. The molecule has 1 amide bonds. The smallest absolute Gasteiger partial charge is 0.239 e. The lowest BCUT2D eigenvalue weighted by atomic mass is 10.2. The van der Waals surface area contributed by atoms with Crippen molar-refractivity contribution in [1.82, 2.24) is 15.2 Å². The highest BCUT2D eigenvalue weighted by atomic mass is 16.1. The fraction of sp³-hybridized carbons (Fsp3) is 0.545. The largest absolute Gasteiger partial charge is 0.355 e. The first-order chi connectivity index (χ1) is 7.19. The Morgan fingerprint density at radius 1 is 1.60 bits per heavy atom. The van der Waals surface area contributed by atoms with E-state index in [1.54, 1.807) is 0 Å². The molecule has 2 N–H and O–H groups in total. The van der Waals surface area contributed by atoms with E-state index in [0.717, 1.165) is 5.69 Å². The second-order valence-corrected chi connectivity index (χ2v) is 3.52. The Kier molecular flexibility index (Phi) is 4.37. The predicted molar refractivity (Wildman–Crippen MR) is 60.6 cm³/mol. The second-order valence-electron chi connectivity index (χ2n) is 3.52. The van der Waals surface area contributed by atoms with Crippen LogP contribution in [0.1, 0.15) is 25.6 Å². The Labute approximate surface area is 90.7 Å². The van der Waals surface area contributed by atoms with Gasteiger partial charge in [-0.2, -0.15) is 0 Å². The van der Waals surface area contributed by atoms with Crippen molar-refractivity contribution < 1.29 is 4.79 Å². The summed E-state index contributed by atoms with van der Waals surface area (Å²) in [6.07, 6.45) is 1.93. The summed E-state index contributed by atoms with van der Waals surface area (Å²) in [4.78, 5) is 11.4. The van der Waals surface area contributed by atoms with Crippen molar-refractivity contribution in [2.24, 2.45) is 0 Å². The highest BCUT2D eigenvalue weighted by Crippen LogP contribution is 2.12. The fourth-order valence-corrected chi connectivity index (χ4v) is 1.52. The molecule has 0 aliphatic heterocycles. The van der Waals surface area contributed by atoms with Crippen LogP contribution in [0.3, 0.4) is 0 Å². The van der Waals surface area contributed by atoms with Crippen molar-refractivity contribution in [2.45, 2.75) is 26.4 Å². The molecule has 0 spiro atoms. The quantitative estimate of drug-likeness (QED) is 0.757. The molecule has 84 valence electrons. The van der Waals surface area contributed by atoms with Crippen molar-refractivity contribution >= 4 is 5.91 Å². The van der Waals surface area contributed by atoms with Gasteiger partial charge in [0.2, 0.25) is 5.91 Å². The molecule has 1 rings (SSSR count). The molecule has 0 saturated carbocycles. The van der Waals surface area contributed by atoms with E-state index in [1.807, 2.05) is 36.9 Å². The molecule has 1 atom stereocenters. The number of nitrogens with zero attached hydrogens (tertiary/aromatic N) is 1. The first-order valence-electron chi connectivity index (χ1n) is 5.28. The molecule has 0 fully saturated rings. The third-order valence-corrected chi connectivity index (χ3v) is 2.43. The van der Waals surface area contributed by atoms with Crippen LogP contribution >= 0.6 is 0 Å². The molecule has 1 aromatic heterocycles. The van der Waals surface area contributed by atoms with Crippen LogP contribution in [-0.4, -0.2) is 24.1 Å². The van der Waals surface area contributed by atoms with Crippen LogP contribution in [0.2, 0.25) is 0 Å². The average Bonchev–Trinajstić information content (AvgIpc) is 2.65. The van der Waals surface area contributed by atoms with E-state index in [0.29, 0.717) is 13.1 Å². The lowest BCUT2D eigenvalue weighted by Gasteiger charge is -2.14. The summed E-state index contributed by atoms with van der Waals surface area (Å²) in [6, 6.07) is 4.25. The third kappa shape index (κ3) is 3.09. The van der Waals surface area contributed by atoms with Gasteiger partial charge in [0, 0.05) is 24.5 Å². The van der Waals surface area contributed by atoms with Gasteiger partial charge in [-0.1, -0.05) is 0 Å². The molecule has 0 saturated heterocycles. The number of rotatable bonds is 5. The van der Waals surface area contributed by atoms with Gasteiger partial charge in [0.15, 0.2) is 0 Å². The summed E-state index contributed by atoms with van der Waals surface area (Å²) in [5.41, 5.74) is 1.13. The van der Waals surface area contributed by atoms with E-state index < -0.39 is 0 Å². The van der Waals surface area contributed by atoms with E-state index in [9.17, 15) is 4.79 Å². The Morgan fingerprint density at radius 3 is 2.93 bits per heavy atom. The zero-order valence-electron chi connectivity index (χ0n) is 9.58. The first-order valence-corrected chi connectivity index (χ1v) is 5.28. The predicted octanol–water partition coefficient (Wildman–Crippen LogP) is 0.905. The molecule has 0 aliphatic rings. The van der Waals surface area contributed by atoms with Gasteiger partial charge in [-0.3, -0.25) is 4.79 Å². The van der Waals surface area contributed by atoms with Gasteiger partial charge >= 0.3 is 0 Å². The van der Waals surface area contributed by atoms with E-state index >= 15 is 0 Å². The Morgan fingerprint density at radius 2 is 2.33 bits per heavy atom. The molecule has 0 aliphatic carbocycles. The number of carbonyl (C=O) groups excluding carboxylic acids is 1. The minimum Gasteiger partial charge on any atom is -0.355 e. The van der Waals surface area contributed by atoms with Crippen molar-refractivity contribution in [3.8, 4) is 0 Å². The normalized spacial score (nSPS) is 12.5. The number of carbonyl (C=O) groups is 1. The van der Waals surface area contributed by atoms with Crippen LogP contribution in [0, 0.1) is 0 Å². The molecule has 0 radical (unpaired) electrons. The first kappa shape index (κ1) is 11.8. The Bertz CT molecular complexity index is 319. The molecule has 1 heterocycles. The summed E-state index contributed by atoms with van der Waals surface area (Å²) < 4.78 is 1.96. The molecular formula is C11H19N3O. The monoisotopic (exact) mass is 209 g/mol. The topological polar surface area (TPSA) is 46.1 Å². The van der Waals surface area contributed by atoms with Gasteiger partial charge in [-0.25, -0.2) is 0 Å². The number of hydrogen-bond donors (Lipinski definition) is 2.